The highest BCUT2D eigenvalue weighted by Crippen LogP contribution is 2.11. The van der Waals surface area contributed by atoms with Crippen molar-refractivity contribution in [1.29, 1.82) is 0 Å². The second-order valence-electron chi connectivity index (χ2n) is 3.44. The van der Waals surface area contributed by atoms with Gasteiger partial charge in [-0.25, -0.2) is 4.98 Å². The lowest BCUT2D eigenvalue weighted by molar-refractivity contribution is 0.232. The highest BCUT2D eigenvalue weighted by atomic mass is 16.5. The molecule has 0 aromatic carbocycles. The molecule has 0 aliphatic carbocycles. The summed E-state index contributed by atoms with van der Waals surface area (Å²) in [5, 5.41) is 11.3. The van der Waals surface area contributed by atoms with Crippen molar-refractivity contribution in [2.75, 3.05) is 0 Å². The van der Waals surface area contributed by atoms with Crippen LogP contribution in [0.2, 0.25) is 0 Å². The first kappa shape index (κ1) is 11.3. The van der Waals surface area contributed by atoms with E-state index in [0.717, 1.165) is 5.56 Å². The maximum Gasteiger partial charge on any atom is 0.213 e. The predicted octanol–water partition coefficient (Wildman–Crippen LogP) is 1.16. The number of ether oxygens (including phenoxy) is 1. The topological polar surface area (TPSA) is 80.7 Å². The Morgan fingerprint density at radius 2 is 2.40 bits per heavy atom. The average Bonchev–Trinajstić information content (AvgIpc) is 2.17. The molecule has 1 aromatic rings. The lowest BCUT2D eigenvalue weighted by atomic mass is 10.2. The quantitative estimate of drug-likeness (QED) is 0.337. The molecule has 0 saturated heterocycles. The van der Waals surface area contributed by atoms with Gasteiger partial charge in [-0.3, -0.25) is 0 Å². The van der Waals surface area contributed by atoms with E-state index in [9.17, 15) is 0 Å². The molecule has 0 fully saturated rings. The van der Waals surface area contributed by atoms with Gasteiger partial charge >= 0.3 is 0 Å². The minimum atomic E-state index is 0.0802. The molecular weight excluding hydrogens is 194 g/mol. The number of hydrogen-bond acceptors (Lipinski definition) is 4. The third-order valence-corrected chi connectivity index (χ3v) is 1.67. The van der Waals surface area contributed by atoms with E-state index in [1.54, 1.807) is 18.3 Å². The van der Waals surface area contributed by atoms with E-state index in [4.69, 9.17) is 15.7 Å². The molecule has 0 atom stereocenters. The molecule has 0 radical (unpaired) electrons. The van der Waals surface area contributed by atoms with Crippen LogP contribution in [0.25, 0.3) is 0 Å². The van der Waals surface area contributed by atoms with Crippen molar-refractivity contribution in [3.05, 3.63) is 23.9 Å². The number of oxime groups is 1. The number of nitrogens with zero attached hydrogens (tertiary/aromatic N) is 2. The second-order valence-corrected chi connectivity index (χ2v) is 3.44. The van der Waals surface area contributed by atoms with Crippen LogP contribution >= 0.6 is 0 Å². The zero-order valence-corrected chi connectivity index (χ0v) is 8.84. The molecule has 0 saturated carbocycles. The molecule has 0 aliphatic rings. The average molecular weight is 209 g/mol. The van der Waals surface area contributed by atoms with E-state index in [1.807, 2.05) is 13.8 Å². The smallest absolute Gasteiger partial charge is 0.213 e. The van der Waals surface area contributed by atoms with Crippen LogP contribution in [0.3, 0.4) is 0 Å². The molecular formula is C10H15N3O2. The van der Waals surface area contributed by atoms with Crippen molar-refractivity contribution in [3.8, 4) is 5.88 Å². The number of rotatable bonds is 4. The highest BCUT2D eigenvalue weighted by Gasteiger charge is 2.02. The van der Waals surface area contributed by atoms with Gasteiger partial charge in [0.25, 0.3) is 0 Å². The van der Waals surface area contributed by atoms with Crippen molar-refractivity contribution in [1.82, 2.24) is 4.98 Å². The first-order valence-electron chi connectivity index (χ1n) is 4.70. The van der Waals surface area contributed by atoms with Crippen LogP contribution in [0.1, 0.15) is 19.4 Å². The Morgan fingerprint density at radius 1 is 1.67 bits per heavy atom. The number of nitrogens with two attached hydrogens (primary N) is 1. The van der Waals surface area contributed by atoms with E-state index >= 15 is 0 Å². The van der Waals surface area contributed by atoms with E-state index in [1.165, 1.54) is 0 Å². The van der Waals surface area contributed by atoms with Gasteiger partial charge in [-0.2, -0.15) is 0 Å². The maximum atomic E-state index is 8.43. The first-order valence-corrected chi connectivity index (χ1v) is 4.70. The molecule has 0 spiro atoms. The molecule has 0 aliphatic heterocycles. The Labute approximate surface area is 88.6 Å². The molecule has 3 N–H and O–H groups in total. The molecule has 1 heterocycles. The fraction of sp³-hybridized carbons (Fsp3) is 0.400. The van der Waals surface area contributed by atoms with Crippen molar-refractivity contribution in [2.24, 2.45) is 10.9 Å². The SMILES string of the molecule is CC(C)Oc1cc(C/C(N)=N/O)ccn1. The molecule has 0 bridgehead atoms. The zero-order valence-electron chi connectivity index (χ0n) is 8.84. The third-order valence-electron chi connectivity index (χ3n) is 1.67. The summed E-state index contributed by atoms with van der Waals surface area (Å²) in [6, 6.07) is 3.57. The number of aromatic nitrogens is 1. The van der Waals surface area contributed by atoms with Gasteiger partial charge in [-0.15, -0.1) is 0 Å². The summed E-state index contributed by atoms with van der Waals surface area (Å²) in [4.78, 5) is 4.05. The summed E-state index contributed by atoms with van der Waals surface area (Å²) < 4.78 is 5.42. The largest absolute Gasteiger partial charge is 0.475 e. The summed E-state index contributed by atoms with van der Waals surface area (Å²) >= 11 is 0. The van der Waals surface area contributed by atoms with Gasteiger partial charge in [0, 0.05) is 18.7 Å². The molecule has 5 heteroatoms. The molecule has 5 nitrogen and oxygen atoms in total. The van der Waals surface area contributed by atoms with Crippen LogP contribution in [0.4, 0.5) is 0 Å². The normalized spacial score (nSPS) is 11.8. The van der Waals surface area contributed by atoms with Crippen LogP contribution < -0.4 is 10.5 Å². The molecule has 0 amide bonds. The molecule has 82 valence electrons. The first-order chi connectivity index (χ1) is 7.11. The van der Waals surface area contributed by atoms with Crippen LogP contribution in [0, 0.1) is 0 Å². The number of pyridine rings is 1. The van der Waals surface area contributed by atoms with Crippen molar-refractivity contribution in [3.63, 3.8) is 0 Å². The summed E-state index contributed by atoms with van der Waals surface area (Å²) in [7, 11) is 0. The van der Waals surface area contributed by atoms with Crippen LogP contribution in [0.5, 0.6) is 5.88 Å². The molecule has 0 unspecified atom stereocenters. The van der Waals surface area contributed by atoms with Gasteiger partial charge in [0.05, 0.1) is 6.10 Å². The van der Waals surface area contributed by atoms with Gasteiger partial charge in [-0.05, 0) is 25.5 Å². The highest BCUT2D eigenvalue weighted by molar-refractivity contribution is 5.82. The van der Waals surface area contributed by atoms with Gasteiger partial charge in [0.1, 0.15) is 5.84 Å². The van der Waals surface area contributed by atoms with E-state index in [-0.39, 0.29) is 11.9 Å². The standard InChI is InChI=1S/C10H15N3O2/c1-7(2)15-10-6-8(3-4-12-10)5-9(11)13-14/h3-4,6-7,14H,5H2,1-2H3,(H2,11,13). The third kappa shape index (κ3) is 3.84. The summed E-state index contributed by atoms with van der Waals surface area (Å²) in [6.07, 6.45) is 2.10. The Balaban J connectivity index is 2.74. The van der Waals surface area contributed by atoms with Crippen LogP contribution in [0.15, 0.2) is 23.5 Å². The molecule has 1 rings (SSSR count). The monoisotopic (exact) mass is 209 g/mol. The minimum absolute atomic E-state index is 0.0802. The maximum absolute atomic E-state index is 8.43. The lowest BCUT2D eigenvalue weighted by Crippen LogP contribution is -2.15. The Morgan fingerprint density at radius 3 is 3.00 bits per heavy atom. The second kappa shape index (κ2) is 5.19. The lowest BCUT2D eigenvalue weighted by Gasteiger charge is -2.09. The Bertz CT molecular complexity index is 350. The molecule has 1 aromatic heterocycles. The van der Waals surface area contributed by atoms with Gasteiger partial charge < -0.3 is 15.7 Å². The van der Waals surface area contributed by atoms with Crippen molar-refractivity contribution in [2.45, 2.75) is 26.4 Å². The number of hydrogen-bond donors (Lipinski definition) is 2. The Hall–Kier alpha value is -1.78. The summed E-state index contributed by atoms with van der Waals surface area (Å²) in [5.74, 6) is 0.713. The van der Waals surface area contributed by atoms with Crippen molar-refractivity contribution < 1.29 is 9.94 Å². The minimum Gasteiger partial charge on any atom is -0.475 e. The molecule has 15 heavy (non-hydrogen) atoms. The Kier molecular flexibility index (Phi) is 3.91. The number of amidine groups is 1. The van der Waals surface area contributed by atoms with E-state index in [0.29, 0.717) is 12.3 Å². The van der Waals surface area contributed by atoms with E-state index in [2.05, 4.69) is 10.1 Å². The van der Waals surface area contributed by atoms with Crippen LogP contribution in [-0.2, 0) is 6.42 Å². The summed E-state index contributed by atoms with van der Waals surface area (Å²) in [5.41, 5.74) is 6.29. The zero-order chi connectivity index (χ0) is 11.3. The van der Waals surface area contributed by atoms with E-state index < -0.39 is 0 Å². The van der Waals surface area contributed by atoms with Gasteiger partial charge in [0.15, 0.2) is 0 Å². The van der Waals surface area contributed by atoms with Gasteiger partial charge in [0.2, 0.25) is 5.88 Å². The van der Waals surface area contributed by atoms with Gasteiger partial charge in [-0.1, -0.05) is 5.16 Å². The fourth-order valence-corrected chi connectivity index (χ4v) is 1.11. The summed E-state index contributed by atoms with van der Waals surface area (Å²) in [6.45, 7) is 3.86. The predicted molar refractivity (Wildman–Crippen MR) is 57.1 cm³/mol. The fourth-order valence-electron chi connectivity index (χ4n) is 1.11. The van der Waals surface area contributed by atoms with Crippen LogP contribution in [-0.4, -0.2) is 22.1 Å². The van der Waals surface area contributed by atoms with Crippen molar-refractivity contribution >= 4 is 5.84 Å².